The van der Waals surface area contributed by atoms with E-state index in [1.807, 2.05) is 12.1 Å². The number of hydrogen-bond donors (Lipinski definition) is 4. The number of anilines is 2. The van der Waals surface area contributed by atoms with Crippen LogP contribution in [0.2, 0.25) is 0 Å². The van der Waals surface area contributed by atoms with E-state index in [0.717, 1.165) is 11.1 Å². The zero-order chi connectivity index (χ0) is 32.8. The van der Waals surface area contributed by atoms with Crippen molar-refractivity contribution in [2.45, 2.75) is 32.4 Å². The summed E-state index contributed by atoms with van der Waals surface area (Å²) in [5.74, 6) is 1.86. The molecular weight excluding hydrogens is 592 g/mol. The predicted molar refractivity (Wildman–Crippen MR) is 172 cm³/mol. The van der Waals surface area contributed by atoms with Gasteiger partial charge in [0.05, 0.1) is 39.6 Å². The molecule has 4 aromatic rings. The van der Waals surface area contributed by atoms with E-state index >= 15 is 0 Å². The molecule has 0 aliphatic heterocycles. The van der Waals surface area contributed by atoms with Crippen LogP contribution in [0.3, 0.4) is 0 Å². The minimum Gasteiger partial charge on any atom is -0.493 e. The molecule has 0 bridgehead atoms. The standard InChI is InChI=1S/C33H36N6O7/c1-18(40)35-24-11-9-19-14-27(44-3)31(45-4)32(46-5)30(19)22-10-12-25(26(41)15-23(22)24)34-16-29(42)36-21-8-6-7-20(13-21)33-37-28(17-43-2)38-39-33/h6-8,10,12-15,24H,9,11,16-17H2,1-5H3,(H,34,41)(H,35,40)(H,36,42)(H,37,38,39). The average molecular weight is 629 g/mol. The van der Waals surface area contributed by atoms with Crippen LogP contribution in [0.15, 0.2) is 53.3 Å². The van der Waals surface area contributed by atoms with Crippen molar-refractivity contribution in [1.29, 1.82) is 0 Å². The number of rotatable bonds is 11. The molecule has 2 amide bonds. The molecule has 0 saturated carbocycles. The Morgan fingerprint density at radius 3 is 2.52 bits per heavy atom. The molecule has 240 valence electrons. The predicted octanol–water partition coefficient (Wildman–Crippen LogP) is 3.85. The highest BCUT2D eigenvalue weighted by molar-refractivity contribution is 5.94. The van der Waals surface area contributed by atoms with E-state index in [9.17, 15) is 14.4 Å². The first kappa shape index (κ1) is 32.0. The number of aromatic nitrogens is 3. The molecule has 1 atom stereocenters. The van der Waals surface area contributed by atoms with Crippen LogP contribution in [0, 0.1) is 0 Å². The van der Waals surface area contributed by atoms with Crippen LogP contribution < -0.4 is 35.6 Å². The van der Waals surface area contributed by atoms with Gasteiger partial charge in [0.2, 0.25) is 23.0 Å². The van der Waals surface area contributed by atoms with E-state index in [2.05, 4.69) is 31.1 Å². The van der Waals surface area contributed by atoms with Crippen molar-refractivity contribution >= 4 is 23.2 Å². The maximum atomic E-state index is 13.5. The molecule has 1 aromatic heterocycles. The molecule has 13 heteroatoms. The summed E-state index contributed by atoms with van der Waals surface area (Å²) in [6.45, 7) is 1.57. The van der Waals surface area contributed by atoms with Gasteiger partial charge in [-0.2, -0.15) is 5.10 Å². The van der Waals surface area contributed by atoms with Crippen molar-refractivity contribution in [3.63, 3.8) is 0 Å². The summed E-state index contributed by atoms with van der Waals surface area (Å²) in [5.41, 5.74) is 4.09. The van der Waals surface area contributed by atoms with Crippen LogP contribution in [0.25, 0.3) is 22.5 Å². The van der Waals surface area contributed by atoms with E-state index in [1.54, 1.807) is 51.7 Å². The highest BCUT2D eigenvalue weighted by Gasteiger charge is 2.29. The van der Waals surface area contributed by atoms with Gasteiger partial charge in [-0.15, -0.1) is 0 Å². The topological polar surface area (TPSA) is 166 Å². The first-order valence-corrected chi connectivity index (χ1v) is 14.6. The third kappa shape index (κ3) is 6.79. The summed E-state index contributed by atoms with van der Waals surface area (Å²) in [4.78, 5) is 43.1. The molecule has 0 spiro atoms. The number of nitrogens with one attached hydrogen (secondary N) is 4. The van der Waals surface area contributed by atoms with E-state index in [4.69, 9.17) is 18.9 Å². The summed E-state index contributed by atoms with van der Waals surface area (Å²) >= 11 is 0. The Labute approximate surface area is 265 Å². The van der Waals surface area contributed by atoms with E-state index < -0.39 is 6.04 Å². The number of amides is 2. The summed E-state index contributed by atoms with van der Waals surface area (Å²) in [6, 6.07) is 13.5. The van der Waals surface area contributed by atoms with Crippen LogP contribution in [0.5, 0.6) is 17.2 Å². The van der Waals surface area contributed by atoms with Crippen LogP contribution in [0.1, 0.15) is 36.3 Å². The number of nitrogens with zero attached hydrogens (tertiary/aromatic N) is 2. The molecule has 1 aliphatic rings. The number of benzene rings is 2. The summed E-state index contributed by atoms with van der Waals surface area (Å²) in [7, 11) is 6.20. The van der Waals surface area contributed by atoms with Crippen molar-refractivity contribution in [3.05, 3.63) is 75.7 Å². The quantitative estimate of drug-likeness (QED) is 0.192. The fourth-order valence-electron chi connectivity index (χ4n) is 5.60. The molecule has 4 N–H and O–H groups in total. The van der Waals surface area contributed by atoms with Crippen molar-refractivity contribution < 1.29 is 28.5 Å². The number of carbonyl (C=O) groups excluding carboxylic acids is 2. The van der Waals surface area contributed by atoms with Crippen LogP contribution in [0.4, 0.5) is 11.4 Å². The van der Waals surface area contributed by atoms with Gasteiger partial charge in [-0.1, -0.05) is 18.2 Å². The normalized spacial score (nSPS) is 13.5. The zero-order valence-electron chi connectivity index (χ0n) is 26.3. The zero-order valence-corrected chi connectivity index (χ0v) is 26.3. The highest BCUT2D eigenvalue weighted by atomic mass is 16.5. The second-order valence-corrected chi connectivity index (χ2v) is 10.6. The largest absolute Gasteiger partial charge is 0.493 e. The lowest BCUT2D eigenvalue weighted by Gasteiger charge is -2.19. The molecule has 0 radical (unpaired) electrons. The number of hydrogen-bond acceptors (Lipinski definition) is 10. The number of H-pyrrole nitrogens is 1. The van der Waals surface area contributed by atoms with Gasteiger partial charge in [0, 0.05) is 30.8 Å². The lowest BCUT2D eigenvalue weighted by molar-refractivity contribution is -0.119. The molecule has 46 heavy (non-hydrogen) atoms. The fraction of sp³-hybridized carbons (Fsp3) is 0.303. The van der Waals surface area contributed by atoms with Crippen LogP contribution >= 0.6 is 0 Å². The van der Waals surface area contributed by atoms with Gasteiger partial charge in [-0.25, -0.2) is 4.98 Å². The Bertz CT molecular complexity index is 1820. The molecule has 13 nitrogen and oxygen atoms in total. The third-order valence-electron chi connectivity index (χ3n) is 7.57. The highest BCUT2D eigenvalue weighted by Crippen LogP contribution is 2.50. The van der Waals surface area contributed by atoms with Gasteiger partial charge < -0.3 is 34.9 Å². The second kappa shape index (κ2) is 14.1. The summed E-state index contributed by atoms with van der Waals surface area (Å²) in [6.07, 6.45) is 1.12. The van der Waals surface area contributed by atoms with Crippen molar-refractivity contribution in [2.75, 3.05) is 45.6 Å². The fourth-order valence-corrected chi connectivity index (χ4v) is 5.60. The Morgan fingerprint density at radius 1 is 1.00 bits per heavy atom. The average Bonchev–Trinajstić information content (AvgIpc) is 3.39. The Morgan fingerprint density at radius 2 is 1.80 bits per heavy atom. The monoisotopic (exact) mass is 628 g/mol. The molecule has 0 saturated heterocycles. The van der Waals surface area contributed by atoms with Gasteiger partial charge in [0.1, 0.15) is 6.61 Å². The lowest BCUT2D eigenvalue weighted by Crippen LogP contribution is -2.27. The van der Waals surface area contributed by atoms with Crippen molar-refractivity contribution in [2.24, 2.45) is 0 Å². The first-order chi connectivity index (χ1) is 22.3. The van der Waals surface area contributed by atoms with Gasteiger partial charge in [-0.3, -0.25) is 19.5 Å². The van der Waals surface area contributed by atoms with Crippen LogP contribution in [-0.2, 0) is 27.4 Å². The maximum absolute atomic E-state index is 13.5. The molecule has 0 fully saturated rings. The third-order valence-corrected chi connectivity index (χ3v) is 7.57. The number of aromatic amines is 1. The SMILES string of the molecule is COCc1nc(-c2cccc(NC(=O)CNc3ccc4c(cc3=O)C(NC(C)=O)CCc3cc(OC)c(OC)c(OC)c3-4)c2)n[nH]1. The Balaban J connectivity index is 1.43. The van der Waals surface area contributed by atoms with E-state index in [0.29, 0.717) is 70.7 Å². The molecule has 3 aromatic carbocycles. The molecule has 1 heterocycles. The number of methoxy groups -OCH3 is 4. The number of ether oxygens (including phenoxy) is 4. The summed E-state index contributed by atoms with van der Waals surface area (Å²) < 4.78 is 22.1. The van der Waals surface area contributed by atoms with Gasteiger partial charge >= 0.3 is 0 Å². The number of aryl methyl sites for hydroxylation is 1. The minimum atomic E-state index is -0.445. The van der Waals surface area contributed by atoms with E-state index in [-0.39, 0.29) is 29.5 Å². The Hall–Kier alpha value is -5.43. The van der Waals surface area contributed by atoms with Crippen molar-refractivity contribution in [3.8, 4) is 39.8 Å². The smallest absolute Gasteiger partial charge is 0.243 e. The van der Waals surface area contributed by atoms with Gasteiger partial charge in [-0.05, 0) is 59.9 Å². The molecule has 5 rings (SSSR count). The summed E-state index contributed by atoms with van der Waals surface area (Å²) in [5, 5.41) is 15.8. The maximum Gasteiger partial charge on any atom is 0.243 e. The Kier molecular flexibility index (Phi) is 9.82. The minimum absolute atomic E-state index is 0.174. The van der Waals surface area contributed by atoms with E-state index in [1.165, 1.54) is 20.1 Å². The van der Waals surface area contributed by atoms with Crippen LogP contribution in [-0.4, -0.2) is 62.0 Å². The molecule has 1 unspecified atom stereocenters. The molecular formula is C33H36N6O7. The lowest BCUT2D eigenvalue weighted by atomic mass is 9.95. The van der Waals surface area contributed by atoms with Crippen molar-refractivity contribution in [1.82, 2.24) is 20.5 Å². The number of fused-ring (bicyclic) bond motifs is 3. The van der Waals surface area contributed by atoms with Gasteiger partial charge in [0.15, 0.2) is 23.1 Å². The second-order valence-electron chi connectivity index (χ2n) is 10.6. The van der Waals surface area contributed by atoms with Gasteiger partial charge in [0.25, 0.3) is 0 Å². The number of carbonyl (C=O) groups is 2. The molecule has 1 aliphatic carbocycles. The first-order valence-electron chi connectivity index (χ1n) is 14.6.